The van der Waals surface area contributed by atoms with Gasteiger partial charge in [0.2, 0.25) is 0 Å². The Hall–Kier alpha value is -0.850. The highest BCUT2D eigenvalue weighted by atomic mass is 14.6. The number of nitrogens with zero attached hydrogens (tertiary/aromatic N) is 1. The number of hydrogen-bond donors (Lipinski definition) is 0. The minimum Gasteiger partial charge on any atom is -0.297 e. The van der Waals surface area contributed by atoms with Crippen molar-refractivity contribution in [2.24, 2.45) is 27.7 Å². The van der Waals surface area contributed by atoms with E-state index in [1.807, 2.05) is 13.3 Å². The van der Waals surface area contributed by atoms with Gasteiger partial charge in [0.1, 0.15) is 0 Å². The molecule has 19 heavy (non-hydrogen) atoms. The van der Waals surface area contributed by atoms with Gasteiger partial charge in [0.05, 0.1) is 0 Å². The molecule has 0 radical (unpaired) electrons. The highest BCUT2D eigenvalue weighted by molar-refractivity contribution is 5.72. The molecule has 0 heterocycles. The molecule has 0 spiro atoms. The van der Waals surface area contributed by atoms with Crippen LogP contribution in [0.25, 0.3) is 0 Å². The second-order valence-corrected chi connectivity index (χ2v) is 8.02. The van der Waals surface area contributed by atoms with Crippen LogP contribution in [-0.4, -0.2) is 13.3 Å². The quantitative estimate of drug-likeness (QED) is 0.599. The van der Waals surface area contributed by atoms with Crippen LogP contribution in [0.3, 0.4) is 0 Å². The normalized spacial score (nSPS) is 26.1. The third-order valence-corrected chi connectivity index (χ3v) is 4.31. The van der Waals surface area contributed by atoms with Crippen molar-refractivity contribution in [1.29, 1.82) is 0 Å². The lowest BCUT2D eigenvalue weighted by Crippen LogP contribution is -2.33. The Balaban J connectivity index is 3.17. The van der Waals surface area contributed by atoms with Gasteiger partial charge in [-0.3, -0.25) is 4.99 Å². The third-order valence-electron chi connectivity index (χ3n) is 4.31. The Bertz CT molecular complexity index is 396. The molecule has 1 heteroatoms. The maximum Gasteiger partial charge on any atom is 0.0277 e. The van der Waals surface area contributed by atoms with E-state index in [0.717, 1.165) is 5.92 Å². The number of allylic oxidation sites excluding steroid dienone is 4. The van der Waals surface area contributed by atoms with Crippen molar-refractivity contribution in [3.8, 4) is 0 Å². The summed E-state index contributed by atoms with van der Waals surface area (Å²) in [5.41, 5.74) is 3.75. The van der Waals surface area contributed by atoms with Crippen LogP contribution in [0.5, 0.6) is 0 Å². The molecule has 0 N–H and O–H groups in total. The molecule has 0 saturated heterocycles. The van der Waals surface area contributed by atoms with E-state index in [1.54, 1.807) is 5.57 Å². The third kappa shape index (κ3) is 3.81. The number of hydrogen-bond acceptors (Lipinski definition) is 1. The lowest BCUT2D eigenvalue weighted by atomic mass is 9.64. The molecule has 2 unspecified atom stereocenters. The first kappa shape index (κ1) is 16.2. The first-order valence-corrected chi connectivity index (χ1v) is 7.37. The summed E-state index contributed by atoms with van der Waals surface area (Å²) in [6.07, 6.45) is 7.48. The van der Waals surface area contributed by atoms with Crippen LogP contribution in [0, 0.1) is 22.7 Å². The minimum atomic E-state index is 0.304. The van der Waals surface area contributed by atoms with E-state index in [2.05, 4.69) is 65.6 Å². The highest BCUT2D eigenvalue weighted by Crippen LogP contribution is 2.53. The fraction of sp³-hybridized carbons (Fsp3) is 0.722. The van der Waals surface area contributed by atoms with E-state index in [4.69, 9.17) is 0 Å². The Kier molecular flexibility index (Phi) is 4.81. The van der Waals surface area contributed by atoms with Crippen molar-refractivity contribution < 1.29 is 0 Å². The van der Waals surface area contributed by atoms with Crippen LogP contribution < -0.4 is 0 Å². The molecule has 0 aromatic carbocycles. The highest BCUT2D eigenvalue weighted by Gasteiger charge is 2.44. The Labute approximate surface area is 119 Å². The maximum atomic E-state index is 4.04. The van der Waals surface area contributed by atoms with E-state index in [1.165, 1.54) is 12.0 Å². The van der Waals surface area contributed by atoms with Crippen LogP contribution >= 0.6 is 0 Å². The molecule has 0 aliphatic heterocycles. The monoisotopic (exact) mass is 261 g/mol. The first-order valence-electron chi connectivity index (χ1n) is 7.37. The van der Waals surface area contributed by atoms with Gasteiger partial charge in [-0.05, 0) is 47.7 Å². The molecule has 1 aliphatic rings. The van der Waals surface area contributed by atoms with Crippen molar-refractivity contribution in [3.05, 3.63) is 23.3 Å². The van der Waals surface area contributed by atoms with Gasteiger partial charge in [0.15, 0.2) is 0 Å². The summed E-state index contributed by atoms with van der Waals surface area (Å²) in [5.74, 6) is 1.36. The lowest BCUT2D eigenvalue weighted by Gasteiger charge is -2.41. The largest absolute Gasteiger partial charge is 0.297 e. The molecule has 1 rings (SSSR count). The summed E-state index contributed by atoms with van der Waals surface area (Å²) in [5, 5.41) is 0. The molecule has 0 amide bonds. The fourth-order valence-corrected chi connectivity index (χ4v) is 3.40. The van der Waals surface area contributed by atoms with Gasteiger partial charge >= 0.3 is 0 Å². The van der Waals surface area contributed by atoms with Gasteiger partial charge in [0, 0.05) is 13.3 Å². The predicted molar refractivity (Wildman–Crippen MR) is 86.8 cm³/mol. The molecule has 0 fully saturated rings. The van der Waals surface area contributed by atoms with Gasteiger partial charge in [-0.25, -0.2) is 0 Å². The summed E-state index contributed by atoms with van der Waals surface area (Å²) in [7, 11) is 1.82. The lowest BCUT2D eigenvalue weighted by molar-refractivity contribution is 0.114. The fourth-order valence-electron chi connectivity index (χ4n) is 3.40. The molecule has 0 aromatic heterocycles. The molecule has 1 nitrogen and oxygen atoms in total. The van der Waals surface area contributed by atoms with Crippen LogP contribution in [0.2, 0.25) is 0 Å². The zero-order valence-electron chi connectivity index (χ0n) is 14.0. The van der Waals surface area contributed by atoms with E-state index in [9.17, 15) is 0 Å². The molecular formula is C18H31N. The summed E-state index contributed by atoms with van der Waals surface area (Å²) < 4.78 is 0. The van der Waals surface area contributed by atoms with Gasteiger partial charge in [-0.2, -0.15) is 0 Å². The number of aliphatic imine (C=N–C) groups is 1. The average molecular weight is 261 g/mol. The van der Waals surface area contributed by atoms with Crippen LogP contribution in [0.1, 0.15) is 54.9 Å². The topological polar surface area (TPSA) is 12.4 Å². The zero-order valence-corrected chi connectivity index (χ0v) is 14.0. The summed E-state index contributed by atoms with van der Waals surface area (Å²) >= 11 is 0. The average Bonchev–Trinajstić information content (AvgIpc) is 2.56. The van der Waals surface area contributed by atoms with Crippen molar-refractivity contribution in [2.75, 3.05) is 7.05 Å². The van der Waals surface area contributed by atoms with Crippen molar-refractivity contribution in [3.63, 3.8) is 0 Å². The SMILES string of the molecule is CN=C/C=C\C1=C(C)CC(C(C)(C)C)C1C(C)(C)C. The summed E-state index contributed by atoms with van der Waals surface area (Å²) in [6.45, 7) is 16.6. The van der Waals surface area contributed by atoms with E-state index < -0.39 is 0 Å². The second-order valence-electron chi connectivity index (χ2n) is 8.02. The van der Waals surface area contributed by atoms with Crippen molar-refractivity contribution in [1.82, 2.24) is 0 Å². The van der Waals surface area contributed by atoms with E-state index in [0.29, 0.717) is 16.7 Å². The molecule has 2 atom stereocenters. The smallest absolute Gasteiger partial charge is 0.0277 e. The molecule has 108 valence electrons. The Morgan fingerprint density at radius 1 is 1.05 bits per heavy atom. The van der Waals surface area contributed by atoms with Crippen molar-refractivity contribution >= 4 is 6.21 Å². The van der Waals surface area contributed by atoms with Gasteiger partial charge in [0.25, 0.3) is 0 Å². The maximum absolute atomic E-state index is 4.04. The van der Waals surface area contributed by atoms with E-state index >= 15 is 0 Å². The van der Waals surface area contributed by atoms with Gasteiger partial charge in [-0.15, -0.1) is 0 Å². The number of rotatable bonds is 2. The molecular weight excluding hydrogens is 230 g/mol. The minimum absolute atomic E-state index is 0.304. The molecule has 0 bridgehead atoms. The van der Waals surface area contributed by atoms with Gasteiger partial charge in [-0.1, -0.05) is 53.2 Å². The van der Waals surface area contributed by atoms with Crippen LogP contribution in [0.4, 0.5) is 0 Å². The Morgan fingerprint density at radius 2 is 1.63 bits per heavy atom. The van der Waals surface area contributed by atoms with Gasteiger partial charge < -0.3 is 0 Å². The summed E-state index contributed by atoms with van der Waals surface area (Å²) in [6, 6.07) is 0. The molecule has 0 saturated carbocycles. The zero-order chi connectivity index (χ0) is 14.8. The first-order chi connectivity index (χ1) is 8.59. The van der Waals surface area contributed by atoms with Crippen LogP contribution in [0.15, 0.2) is 28.3 Å². The molecule has 1 aliphatic carbocycles. The second kappa shape index (κ2) is 5.64. The standard InChI is InChI=1S/C18H31N/c1-13-12-15(17(2,3)4)16(18(5,6)7)14(13)10-9-11-19-8/h9-11,15-16H,12H2,1-8H3/b10-9-,19-11?. The van der Waals surface area contributed by atoms with E-state index in [-0.39, 0.29) is 0 Å². The van der Waals surface area contributed by atoms with Crippen molar-refractivity contribution in [2.45, 2.75) is 54.9 Å². The predicted octanol–water partition coefficient (Wildman–Crippen LogP) is 5.29. The van der Waals surface area contributed by atoms with Crippen LogP contribution in [-0.2, 0) is 0 Å². The summed E-state index contributed by atoms with van der Waals surface area (Å²) in [4.78, 5) is 4.04. The molecule has 0 aromatic rings. The Morgan fingerprint density at radius 3 is 2.05 bits per heavy atom.